The van der Waals surface area contributed by atoms with Crippen LogP contribution in [0.15, 0.2) is 53.1 Å². The van der Waals surface area contributed by atoms with E-state index in [9.17, 15) is 4.79 Å². The van der Waals surface area contributed by atoms with Crippen molar-refractivity contribution in [2.75, 3.05) is 0 Å². The molecule has 1 amide bonds. The molecule has 0 unspecified atom stereocenters. The number of piperidine rings is 1. The second-order valence-electron chi connectivity index (χ2n) is 7.28. The van der Waals surface area contributed by atoms with Gasteiger partial charge >= 0.3 is 6.09 Å². The van der Waals surface area contributed by atoms with Gasteiger partial charge in [0.1, 0.15) is 11.4 Å². The van der Waals surface area contributed by atoms with Crippen molar-refractivity contribution < 1.29 is 13.9 Å². The number of furan rings is 1. The lowest BCUT2D eigenvalue weighted by Crippen LogP contribution is -2.43. The minimum Gasteiger partial charge on any atom is -0.467 e. The van der Waals surface area contributed by atoms with Crippen LogP contribution in [0.25, 0.3) is 0 Å². The number of nitrogens with zero attached hydrogens (tertiary/aromatic N) is 1. The zero-order valence-electron chi connectivity index (χ0n) is 14.6. The molecule has 24 heavy (non-hydrogen) atoms. The van der Waals surface area contributed by atoms with E-state index in [1.165, 1.54) is 0 Å². The third-order valence-electron chi connectivity index (χ3n) is 4.29. The smallest absolute Gasteiger partial charge is 0.411 e. The summed E-state index contributed by atoms with van der Waals surface area (Å²) in [7, 11) is 0. The minimum absolute atomic E-state index is 0.00454. The molecule has 4 heteroatoms. The van der Waals surface area contributed by atoms with E-state index in [0.29, 0.717) is 0 Å². The zero-order chi connectivity index (χ0) is 17.2. The fourth-order valence-corrected chi connectivity index (χ4v) is 3.33. The molecule has 1 aliphatic rings. The fourth-order valence-electron chi connectivity index (χ4n) is 3.33. The van der Waals surface area contributed by atoms with E-state index in [2.05, 4.69) is 12.1 Å². The molecule has 0 spiro atoms. The van der Waals surface area contributed by atoms with Crippen molar-refractivity contribution in [3.8, 4) is 0 Å². The first-order valence-corrected chi connectivity index (χ1v) is 8.55. The lowest BCUT2D eigenvalue weighted by molar-refractivity contribution is -0.00997. The number of carbonyl (C=O) groups is 1. The summed E-state index contributed by atoms with van der Waals surface area (Å²) >= 11 is 0. The number of rotatable bonds is 2. The van der Waals surface area contributed by atoms with E-state index in [1.54, 1.807) is 6.26 Å². The molecule has 4 nitrogen and oxygen atoms in total. The van der Waals surface area contributed by atoms with Crippen molar-refractivity contribution in [3.05, 3.63) is 60.1 Å². The van der Waals surface area contributed by atoms with Crippen LogP contribution in [0.3, 0.4) is 0 Å². The Morgan fingerprint density at radius 2 is 1.79 bits per heavy atom. The average molecular weight is 327 g/mol. The Hall–Kier alpha value is -2.23. The van der Waals surface area contributed by atoms with Crippen molar-refractivity contribution in [3.63, 3.8) is 0 Å². The van der Waals surface area contributed by atoms with Gasteiger partial charge in [-0.15, -0.1) is 0 Å². The van der Waals surface area contributed by atoms with E-state index >= 15 is 0 Å². The molecule has 0 radical (unpaired) electrons. The number of amides is 1. The van der Waals surface area contributed by atoms with Gasteiger partial charge in [0.15, 0.2) is 0 Å². The standard InChI is InChI=1S/C20H25NO3/c1-20(2,3)24-19(22)21-16(15-9-5-4-6-10-15)11-7-12-17(21)18-13-8-14-23-18/h4-6,8-10,13-14,16-17H,7,11-12H2,1-3H3/t16-,17+/m0/s1. The maximum absolute atomic E-state index is 13.0. The lowest BCUT2D eigenvalue weighted by Gasteiger charge is -2.41. The number of hydrogen-bond donors (Lipinski definition) is 0. The normalized spacial score (nSPS) is 21.5. The molecule has 128 valence electrons. The van der Waals surface area contributed by atoms with Gasteiger partial charge in [-0.05, 0) is 57.7 Å². The maximum atomic E-state index is 13.0. The predicted octanol–water partition coefficient (Wildman–Crippen LogP) is 5.48. The van der Waals surface area contributed by atoms with Gasteiger partial charge in [-0.3, -0.25) is 4.90 Å². The summed E-state index contributed by atoms with van der Waals surface area (Å²) in [4.78, 5) is 14.8. The molecule has 2 atom stereocenters. The number of ether oxygens (including phenoxy) is 1. The van der Waals surface area contributed by atoms with Crippen LogP contribution in [0.1, 0.15) is 63.4 Å². The summed E-state index contributed by atoms with van der Waals surface area (Å²) in [5.41, 5.74) is 0.614. The van der Waals surface area contributed by atoms with Gasteiger partial charge in [0.2, 0.25) is 0 Å². The Morgan fingerprint density at radius 3 is 2.42 bits per heavy atom. The molecular weight excluding hydrogens is 302 g/mol. The molecule has 2 heterocycles. The third-order valence-corrected chi connectivity index (χ3v) is 4.29. The third kappa shape index (κ3) is 3.64. The van der Waals surface area contributed by atoms with Gasteiger partial charge in [-0.2, -0.15) is 0 Å². The highest BCUT2D eigenvalue weighted by Gasteiger charge is 2.39. The van der Waals surface area contributed by atoms with Gasteiger partial charge in [0.25, 0.3) is 0 Å². The monoisotopic (exact) mass is 327 g/mol. The second-order valence-corrected chi connectivity index (χ2v) is 7.28. The number of likely N-dealkylation sites (tertiary alicyclic amines) is 1. The summed E-state index contributed by atoms with van der Waals surface area (Å²) < 4.78 is 11.3. The zero-order valence-corrected chi connectivity index (χ0v) is 14.6. The summed E-state index contributed by atoms with van der Waals surface area (Å²) in [5.74, 6) is 0.821. The highest BCUT2D eigenvalue weighted by Crippen LogP contribution is 2.42. The minimum atomic E-state index is -0.524. The molecule has 1 aromatic carbocycles. The van der Waals surface area contributed by atoms with Crippen molar-refractivity contribution in [1.29, 1.82) is 0 Å². The van der Waals surface area contributed by atoms with Gasteiger partial charge in [0, 0.05) is 0 Å². The van der Waals surface area contributed by atoms with Crippen molar-refractivity contribution in [2.24, 2.45) is 0 Å². The van der Waals surface area contributed by atoms with E-state index in [4.69, 9.17) is 9.15 Å². The molecule has 2 aromatic rings. The van der Waals surface area contributed by atoms with Gasteiger partial charge in [0.05, 0.1) is 18.3 Å². The molecule has 1 saturated heterocycles. The van der Waals surface area contributed by atoms with Gasteiger partial charge in [-0.1, -0.05) is 30.3 Å². The topological polar surface area (TPSA) is 42.7 Å². The molecule has 0 aliphatic carbocycles. The van der Waals surface area contributed by atoms with E-state index in [0.717, 1.165) is 30.6 Å². The Morgan fingerprint density at radius 1 is 1.08 bits per heavy atom. The van der Waals surface area contributed by atoms with Crippen LogP contribution in [0, 0.1) is 0 Å². The highest BCUT2D eigenvalue weighted by atomic mass is 16.6. The molecule has 0 bridgehead atoms. The Kier molecular flexibility index (Phi) is 4.65. The van der Waals surface area contributed by atoms with E-state index in [1.807, 2.05) is 56.0 Å². The molecule has 0 N–H and O–H groups in total. The number of benzene rings is 1. The predicted molar refractivity (Wildman–Crippen MR) is 92.6 cm³/mol. The Bertz CT molecular complexity index is 658. The first-order valence-electron chi connectivity index (χ1n) is 8.55. The van der Waals surface area contributed by atoms with Crippen LogP contribution in [0.5, 0.6) is 0 Å². The van der Waals surface area contributed by atoms with Crippen LogP contribution in [-0.4, -0.2) is 16.6 Å². The second kappa shape index (κ2) is 6.71. The number of hydrogen-bond acceptors (Lipinski definition) is 3. The van der Waals surface area contributed by atoms with Crippen molar-refractivity contribution in [2.45, 2.75) is 57.7 Å². The van der Waals surface area contributed by atoms with E-state index in [-0.39, 0.29) is 18.2 Å². The molecule has 1 aromatic heterocycles. The molecule has 1 fully saturated rings. The summed E-state index contributed by atoms with van der Waals surface area (Å²) in [6.45, 7) is 5.69. The van der Waals surface area contributed by atoms with Crippen LogP contribution in [0.4, 0.5) is 4.79 Å². The summed E-state index contributed by atoms with van der Waals surface area (Å²) in [5, 5.41) is 0. The van der Waals surface area contributed by atoms with Crippen molar-refractivity contribution in [1.82, 2.24) is 4.90 Å². The summed E-state index contributed by atoms with van der Waals surface area (Å²) in [6.07, 6.45) is 4.24. The highest BCUT2D eigenvalue weighted by molar-refractivity contribution is 5.69. The number of carbonyl (C=O) groups excluding carboxylic acids is 1. The SMILES string of the molecule is CC(C)(C)OC(=O)N1[C@@H](c2ccco2)CCC[C@H]1c1ccccc1. The van der Waals surface area contributed by atoms with Crippen molar-refractivity contribution >= 4 is 6.09 Å². The lowest BCUT2D eigenvalue weighted by atomic mass is 9.90. The van der Waals surface area contributed by atoms with E-state index < -0.39 is 5.60 Å². The first-order chi connectivity index (χ1) is 11.5. The Balaban J connectivity index is 1.96. The quantitative estimate of drug-likeness (QED) is 0.733. The van der Waals surface area contributed by atoms with Crippen LogP contribution in [0.2, 0.25) is 0 Å². The van der Waals surface area contributed by atoms with Crippen LogP contribution < -0.4 is 0 Å². The molecule has 3 rings (SSSR count). The summed E-state index contributed by atoms with van der Waals surface area (Å²) in [6, 6.07) is 13.9. The van der Waals surface area contributed by atoms with Gasteiger partial charge < -0.3 is 9.15 Å². The molecule has 0 saturated carbocycles. The largest absolute Gasteiger partial charge is 0.467 e. The molecule has 1 aliphatic heterocycles. The fraction of sp³-hybridized carbons (Fsp3) is 0.450. The van der Waals surface area contributed by atoms with Crippen LogP contribution >= 0.6 is 0 Å². The molecular formula is C20H25NO3. The first kappa shape index (κ1) is 16.6. The maximum Gasteiger partial charge on any atom is 0.411 e. The van der Waals surface area contributed by atoms with Crippen LogP contribution in [-0.2, 0) is 4.74 Å². The Labute approximate surface area is 143 Å². The average Bonchev–Trinajstić information content (AvgIpc) is 3.07. The van der Waals surface area contributed by atoms with Gasteiger partial charge in [-0.25, -0.2) is 4.79 Å².